The van der Waals surface area contributed by atoms with E-state index in [-0.39, 0.29) is 5.91 Å². The van der Waals surface area contributed by atoms with Gasteiger partial charge in [-0.15, -0.1) is 0 Å². The summed E-state index contributed by atoms with van der Waals surface area (Å²) in [6.07, 6.45) is 5.89. The van der Waals surface area contributed by atoms with Crippen molar-refractivity contribution >= 4 is 17.7 Å². The van der Waals surface area contributed by atoms with Gasteiger partial charge in [-0.25, -0.2) is 0 Å². The van der Waals surface area contributed by atoms with Gasteiger partial charge in [-0.05, 0) is 18.6 Å². The second-order valence-electron chi connectivity index (χ2n) is 4.61. The van der Waals surface area contributed by atoms with Crippen LogP contribution in [0.5, 0.6) is 0 Å². The van der Waals surface area contributed by atoms with E-state index in [1.807, 2.05) is 0 Å². The fraction of sp³-hybridized carbons (Fsp3) is 0.917. The first-order valence-corrected chi connectivity index (χ1v) is 7.38. The van der Waals surface area contributed by atoms with E-state index >= 15 is 0 Å². The summed E-state index contributed by atoms with van der Waals surface area (Å²) in [6, 6.07) is 0. The molecule has 1 aliphatic rings. The first-order valence-electron chi connectivity index (χ1n) is 6.23. The zero-order chi connectivity index (χ0) is 11.9. The van der Waals surface area contributed by atoms with Crippen molar-refractivity contribution < 1.29 is 9.90 Å². The van der Waals surface area contributed by atoms with Gasteiger partial charge < -0.3 is 10.4 Å². The minimum Gasteiger partial charge on any atom is -0.387 e. The van der Waals surface area contributed by atoms with Crippen molar-refractivity contribution in [1.82, 2.24) is 5.32 Å². The van der Waals surface area contributed by atoms with Gasteiger partial charge in [-0.3, -0.25) is 4.79 Å². The molecule has 0 aromatic carbocycles. The van der Waals surface area contributed by atoms with E-state index in [0.717, 1.165) is 30.8 Å². The third kappa shape index (κ3) is 5.21. The Morgan fingerprint density at radius 3 is 2.88 bits per heavy atom. The summed E-state index contributed by atoms with van der Waals surface area (Å²) in [5, 5.41) is 12.9. The van der Waals surface area contributed by atoms with Gasteiger partial charge in [-0.2, -0.15) is 11.8 Å². The van der Waals surface area contributed by atoms with E-state index in [1.165, 1.54) is 12.8 Å². The Balaban J connectivity index is 2.05. The van der Waals surface area contributed by atoms with Crippen molar-refractivity contribution in [3.05, 3.63) is 0 Å². The van der Waals surface area contributed by atoms with Crippen LogP contribution in [0.3, 0.4) is 0 Å². The molecule has 3 nitrogen and oxygen atoms in total. The molecule has 0 radical (unpaired) electrons. The Kier molecular flexibility index (Phi) is 6.21. The number of amides is 1. The highest BCUT2D eigenvalue weighted by molar-refractivity contribution is 7.99. The van der Waals surface area contributed by atoms with Crippen LogP contribution in [0.1, 0.15) is 45.4 Å². The molecule has 4 heteroatoms. The molecule has 0 bridgehead atoms. The molecular formula is C12H23NO2S. The summed E-state index contributed by atoms with van der Waals surface area (Å²) in [5.41, 5.74) is -0.649. The molecular weight excluding hydrogens is 222 g/mol. The Morgan fingerprint density at radius 1 is 1.44 bits per heavy atom. The Labute approximate surface area is 102 Å². The molecule has 16 heavy (non-hydrogen) atoms. The van der Waals surface area contributed by atoms with Gasteiger partial charge in [0.25, 0.3) is 0 Å². The Hall–Kier alpha value is -0.220. The summed E-state index contributed by atoms with van der Waals surface area (Å²) in [4.78, 5) is 11.5. The first-order chi connectivity index (χ1) is 7.66. The van der Waals surface area contributed by atoms with Crippen LogP contribution in [0.4, 0.5) is 0 Å². The van der Waals surface area contributed by atoms with Gasteiger partial charge in [0.05, 0.1) is 5.60 Å². The largest absolute Gasteiger partial charge is 0.387 e. The summed E-state index contributed by atoms with van der Waals surface area (Å²) < 4.78 is 0. The summed E-state index contributed by atoms with van der Waals surface area (Å²) in [7, 11) is 0. The third-order valence-corrected chi connectivity index (χ3v) is 4.19. The van der Waals surface area contributed by atoms with Gasteiger partial charge in [0.2, 0.25) is 5.91 Å². The number of carbonyl (C=O) groups excluding carboxylic acids is 1. The molecule has 1 heterocycles. The summed E-state index contributed by atoms with van der Waals surface area (Å²) in [5.74, 6) is 1.84. The molecule has 1 unspecified atom stereocenters. The highest BCUT2D eigenvalue weighted by Crippen LogP contribution is 2.26. The zero-order valence-corrected chi connectivity index (χ0v) is 10.9. The van der Waals surface area contributed by atoms with E-state index in [0.29, 0.717) is 13.0 Å². The van der Waals surface area contributed by atoms with Crippen LogP contribution in [0.15, 0.2) is 0 Å². The minimum atomic E-state index is -0.649. The monoisotopic (exact) mass is 245 g/mol. The lowest BCUT2D eigenvalue weighted by atomic mass is 10.0. The lowest BCUT2D eigenvalue weighted by molar-refractivity contribution is -0.122. The predicted octanol–water partition coefficient (Wildman–Crippen LogP) is 1.94. The normalized spacial score (nSPS) is 24.6. The van der Waals surface area contributed by atoms with Crippen LogP contribution < -0.4 is 5.32 Å². The number of thioether (sulfide) groups is 1. The summed E-state index contributed by atoms with van der Waals surface area (Å²) in [6.45, 7) is 2.58. The van der Waals surface area contributed by atoms with E-state index in [4.69, 9.17) is 0 Å². The van der Waals surface area contributed by atoms with Crippen LogP contribution in [0.2, 0.25) is 0 Å². The molecule has 0 saturated carbocycles. The maximum atomic E-state index is 11.5. The lowest BCUT2D eigenvalue weighted by Gasteiger charge is -2.21. The second kappa shape index (κ2) is 7.17. The van der Waals surface area contributed by atoms with Gasteiger partial charge in [0.1, 0.15) is 0 Å². The molecule has 1 amide bonds. The quantitative estimate of drug-likeness (QED) is 0.674. The van der Waals surface area contributed by atoms with E-state index in [1.54, 1.807) is 11.8 Å². The van der Waals surface area contributed by atoms with Crippen LogP contribution in [-0.4, -0.2) is 34.7 Å². The highest BCUT2D eigenvalue weighted by atomic mass is 32.2. The summed E-state index contributed by atoms with van der Waals surface area (Å²) >= 11 is 1.76. The molecule has 1 fully saturated rings. The van der Waals surface area contributed by atoms with E-state index in [9.17, 15) is 9.90 Å². The number of carbonyl (C=O) groups is 1. The minimum absolute atomic E-state index is 0.0847. The molecule has 2 N–H and O–H groups in total. The van der Waals surface area contributed by atoms with Crippen molar-refractivity contribution in [3.63, 3.8) is 0 Å². The standard InChI is InChI=1S/C12H23NO2S/c1-2-3-4-5-6-11(14)13-9-12(15)7-8-16-10-12/h15H,2-10H2,1H3,(H,13,14). The van der Waals surface area contributed by atoms with Gasteiger partial charge >= 0.3 is 0 Å². The predicted molar refractivity (Wildman–Crippen MR) is 68.7 cm³/mol. The molecule has 0 spiro atoms. The molecule has 1 aliphatic heterocycles. The van der Waals surface area contributed by atoms with Crippen molar-refractivity contribution in [2.24, 2.45) is 0 Å². The van der Waals surface area contributed by atoms with E-state index in [2.05, 4.69) is 12.2 Å². The molecule has 1 saturated heterocycles. The fourth-order valence-corrected chi connectivity index (χ4v) is 3.09. The average molecular weight is 245 g/mol. The van der Waals surface area contributed by atoms with Gasteiger partial charge in [0.15, 0.2) is 0 Å². The smallest absolute Gasteiger partial charge is 0.220 e. The topological polar surface area (TPSA) is 49.3 Å². The Morgan fingerprint density at radius 2 is 2.25 bits per heavy atom. The molecule has 1 atom stereocenters. The number of rotatable bonds is 7. The van der Waals surface area contributed by atoms with Crippen LogP contribution in [-0.2, 0) is 4.79 Å². The molecule has 0 aliphatic carbocycles. The van der Waals surface area contributed by atoms with Crippen molar-refractivity contribution in [1.29, 1.82) is 0 Å². The Bertz CT molecular complexity index is 215. The molecule has 0 aromatic rings. The lowest BCUT2D eigenvalue weighted by Crippen LogP contribution is -2.42. The number of unbranched alkanes of at least 4 members (excludes halogenated alkanes) is 3. The second-order valence-corrected chi connectivity index (χ2v) is 5.72. The molecule has 0 aromatic heterocycles. The van der Waals surface area contributed by atoms with Crippen molar-refractivity contribution in [2.75, 3.05) is 18.1 Å². The maximum Gasteiger partial charge on any atom is 0.220 e. The highest BCUT2D eigenvalue weighted by Gasteiger charge is 2.31. The maximum absolute atomic E-state index is 11.5. The zero-order valence-electron chi connectivity index (χ0n) is 10.1. The number of hydrogen-bond donors (Lipinski definition) is 2. The van der Waals surface area contributed by atoms with Crippen LogP contribution in [0.25, 0.3) is 0 Å². The average Bonchev–Trinajstić information content (AvgIpc) is 2.70. The van der Waals surface area contributed by atoms with Gasteiger partial charge in [0, 0.05) is 18.7 Å². The first kappa shape index (κ1) is 13.8. The number of hydrogen-bond acceptors (Lipinski definition) is 3. The SMILES string of the molecule is CCCCCCC(=O)NCC1(O)CCSC1. The van der Waals surface area contributed by atoms with Gasteiger partial charge in [-0.1, -0.05) is 26.2 Å². The van der Waals surface area contributed by atoms with Crippen molar-refractivity contribution in [2.45, 2.75) is 51.0 Å². The molecule has 94 valence electrons. The molecule has 1 rings (SSSR count). The van der Waals surface area contributed by atoms with E-state index < -0.39 is 5.60 Å². The van der Waals surface area contributed by atoms with Crippen LogP contribution in [0, 0.1) is 0 Å². The third-order valence-electron chi connectivity index (χ3n) is 2.95. The van der Waals surface area contributed by atoms with Crippen LogP contribution >= 0.6 is 11.8 Å². The number of aliphatic hydroxyl groups is 1. The van der Waals surface area contributed by atoms with Crippen molar-refractivity contribution in [3.8, 4) is 0 Å². The fourth-order valence-electron chi connectivity index (χ4n) is 1.80. The number of nitrogens with one attached hydrogen (secondary N) is 1.